The maximum Gasteiger partial charge on any atom is 0.246 e. The number of benzene rings is 1. The van der Waals surface area contributed by atoms with Gasteiger partial charge in [-0.25, -0.2) is 4.98 Å². The van der Waals surface area contributed by atoms with Gasteiger partial charge in [-0.2, -0.15) is 0 Å². The molecule has 116 valence electrons. The van der Waals surface area contributed by atoms with Gasteiger partial charge < -0.3 is 9.32 Å². The summed E-state index contributed by atoms with van der Waals surface area (Å²) in [5.74, 6) is 1.85. The highest BCUT2D eigenvalue weighted by atomic mass is 16.3. The first-order chi connectivity index (χ1) is 11.2. The Morgan fingerprint density at radius 3 is 2.83 bits per heavy atom. The van der Waals surface area contributed by atoms with E-state index in [1.54, 1.807) is 11.1 Å². The molecule has 0 N–H and O–H groups in total. The molecule has 0 saturated carbocycles. The van der Waals surface area contributed by atoms with Crippen LogP contribution in [0.2, 0.25) is 0 Å². The normalized spacial score (nSPS) is 17.3. The van der Waals surface area contributed by atoms with Gasteiger partial charge in [-0.05, 0) is 12.5 Å². The van der Waals surface area contributed by atoms with Crippen LogP contribution in [0.5, 0.6) is 0 Å². The van der Waals surface area contributed by atoms with Crippen molar-refractivity contribution in [2.45, 2.75) is 26.1 Å². The second kappa shape index (κ2) is 5.35. The van der Waals surface area contributed by atoms with Crippen LogP contribution in [-0.4, -0.2) is 30.6 Å². The number of hydrogen-bond acceptors (Lipinski definition) is 5. The summed E-state index contributed by atoms with van der Waals surface area (Å²) in [6.45, 7) is 2.85. The van der Waals surface area contributed by atoms with Gasteiger partial charge in [0.25, 0.3) is 0 Å². The number of rotatable bonds is 3. The number of hydrogen-bond donors (Lipinski definition) is 0. The van der Waals surface area contributed by atoms with E-state index in [2.05, 4.69) is 15.2 Å². The Morgan fingerprint density at radius 1 is 1.26 bits per heavy atom. The lowest BCUT2D eigenvalue weighted by Gasteiger charge is -2.31. The molecule has 7 nitrogen and oxygen atoms in total. The van der Waals surface area contributed by atoms with Gasteiger partial charge >= 0.3 is 0 Å². The molecule has 23 heavy (non-hydrogen) atoms. The first-order valence-electron chi connectivity index (χ1n) is 7.39. The zero-order chi connectivity index (χ0) is 15.8. The highest BCUT2D eigenvalue weighted by molar-refractivity contribution is 5.81. The van der Waals surface area contributed by atoms with Crippen molar-refractivity contribution in [2.24, 2.45) is 0 Å². The zero-order valence-corrected chi connectivity index (χ0v) is 12.6. The van der Waals surface area contributed by atoms with Crippen molar-refractivity contribution < 1.29 is 9.21 Å². The fourth-order valence-corrected chi connectivity index (χ4v) is 2.89. The zero-order valence-electron chi connectivity index (χ0n) is 12.6. The summed E-state index contributed by atoms with van der Waals surface area (Å²) in [4.78, 5) is 18.4. The average molecular weight is 309 g/mol. The van der Waals surface area contributed by atoms with E-state index >= 15 is 0 Å². The highest BCUT2D eigenvalue weighted by Crippen LogP contribution is 2.28. The molecule has 0 radical (unpaired) electrons. The summed E-state index contributed by atoms with van der Waals surface area (Å²) >= 11 is 0. The van der Waals surface area contributed by atoms with Crippen LogP contribution in [-0.2, 0) is 17.9 Å². The number of fused-ring (bicyclic) bond motifs is 1. The van der Waals surface area contributed by atoms with E-state index in [0.717, 1.165) is 11.4 Å². The van der Waals surface area contributed by atoms with E-state index in [9.17, 15) is 4.79 Å². The molecular weight excluding hydrogens is 294 g/mol. The third-order valence-electron chi connectivity index (χ3n) is 4.02. The molecule has 7 heteroatoms. The molecule has 3 heterocycles. The molecule has 4 rings (SSSR count). The van der Waals surface area contributed by atoms with Gasteiger partial charge in [-0.1, -0.05) is 30.3 Å². The van der Waals surface area contributed by atoms with E-state index < -0.39 is 0 Å². The molecule has 1 amide bonds. The van der Waals surface area contributed by atoms with Crippen LogP contribution in [0.3, 0.4) is 0 Å². The topological polar surface area (TPSA) is 77.1 Å². The lowest BCUT2D eigenvalue weighted by atomic mass is 10.1. The summed E-state index contributed by atoms with van der Waals surface area (Å²) in [5, 5.41) is 8.39. The van der Waals surface area contributed by atoms with Crippen LogP contribution in [0.4, 0.5) is 0 Å². The van der Waals surface area contributed by atoms with Crippen LogP contribution < -0.4 is 0 Å². The third-order valence-corrected chi connectivity index (χ3v) is 4.02. The summed E-state index contributed by atoms with van der Waals surface area (Å²) in [7, 11) is 0. The minimum atomic E-state index is -0.377. The minimum Gasteiger partial charge on any atom is -0.440 e. The van der Waals surface area contributed by atoms with Crippen molar-refractivity contribution in [3.05, 3.63) is 54.3 Å². The average Bonchev–Trinajstić information content (AvgIpc) is 3.22. The molecule has 0 fully saturated rings. The second-order valence-corrected chi connectivity index (χ2v) is 5.53. The predicted octanol–water partition coefficient (Wildman–Crippen LogP) is 2.04. The highest BCUT2D eigenvalue weighted by Gasteiger charge is 2.34. The molecule has 2 aromatic heterocycles. The van der Waals surface area contributed by atoms with Crippen molar-refractivity contribution >= 4 is 5.91 Å². The van der Waals surface area contributed by atoms with E-state index in [1.165, 1.54) is 6.39 Å². The fourth-order valence-electron chi connectivity index (χ4n) is 2.89. The van der Waals surface area contributed by atoms with Gasteiger partial charge in [0, 0.05) is 6.54 Å². The van der Waals surface area contributed by atoms with Crippen LogP contribution in [0, 0.1) is 0 Å². The summed E-state index contributed by atoms with van der Waals surface area (Å²) in [6, 6.07) is 9.55. The van der Waals surface area contributed by atoms with Crippen molar-refractivity contribution in [1.29, 1.82) is 0 Å². The molecule has 1 atom stereocenters. The van der Waals surface area contributed by atoms with Crippen molar-refractivity contribution in [1.82, 2.24) is 24.6 Å². The summed E-state index contributed by atoms with van der Waals surface area (Å²) < 4.78 is 7.11. The van der Waals surface area contributed by atoms with E-state index in [1.807, 2.05) is 41.8 Å². The fraction of sp³-hybridized carbons (Fsp3) is 0.250. The molecule has 1 aliphatic heterocycles. The number of oxazole rings is 1. The number of aromatic nitrogens is 4. The first-order valence-corrected chi connectivity index (χ1v) is 7.39. The SMILES string of the molecule is C[C@@H]1C(=O)N(Cc2ccccc2)Cc2nnc(-c3cnco3)n21. The Kier molecular flexibility index (Phi) is 3.18. The second-order valence-electron chi connectivity index (χ2n) is 5.53. The number of carbonyl (C=O) groups is 1. The molecular formula is C16H15N5O2. The molecule has 0 bridgehead atoms. The monoisotopic (exact) mass is 309 g/mol. The lowest BCUT2D eigenvalue weighted by molar-refractivity contribution is -0.137. The molecule has 1 aliphatic rings. The largest absolute Gasteiger partial charge is 0.440 e. The van der Waals surface area contributed by atoms with Gasteiger partial charge in [-0.3, -0.25) is 9.36 Å². The lowest BCUT2D eigenvalue weighted by Crippen LogP contribution is -2.41. The Hall–Kier alpha value is -2.96. The molecule has 0 aliphatic carbocycles. The van der Waals surface area contributed by atoms with Crippen LogP contribution in [0.15, 0.2) is 47.3 Å². The van der Waals surface area contributed by atoms with Gasteiger partial charge in [0.1, 0.15) is 6.04 Å². The minimum absolute atomic E-state index is 0.0434. The molecule has 1 aromatic carbocycles. The standard InChI is InChI=1S/C16H15N5O2/c1-11-16(22)20(8-12-5-3-2-4-6-12)9-14-18-19-15(21(11)14)13-7-17-10-23-13/h2-7,10-11H,8-9H2,1H3/t11-/m1/s1. The van der Waals surface area contributed by atoms with Crippen molar-refractivity contribution in [3.8, 4) is 11.6 Å². The summed E-state index contributed by atoms with van der Waals surface area (Å²) in [6.07, 6.45) is 2.92. The molecule has 0 saturated heterocycles. The Morgan fingerprint density at radius 2 is 2.09 bits per heavy atom. The van der Waals surface area contributed by atoms with E-state index in [0.29, 0.717) is 24.7 Å². The summed E-state index contributed by atoms with van der Waals surface area (Å²) in [5.41, 5.74) is 1.09. The smallest absolute Gasteiger partial charge is 0.246 e. The quantitative estimate of drug-likeness (QED) is 0.740. The number of carbonyl (C=O) groups excluding carboxylic acids is 1. The maximum atomic E-state index is 12.7. The molecule has 0 unspecified atom stereocenters. The van der Waals surface area contributed by atoms with Gasteiger partial charge in [0.05, 0.1) is 12.7 Å². The Bertz CT molecular complexity index is 826. The van der Waals surface area contributed by atoms with E-state index in [4.69, 9.17) is 4.42 Å². The Labute approximate surface area is 132 Å². The van der Waals surface area contributed by atoms with Crippen LogP contribution in [0.1, 0.15) is 24.4 Å². The van der Waals surface area contributed by atoms with E-state index in [-0.39, 0.29) is 11.9 Å². The molecule has 3 aromatic rings. The van der Waals surface area contributed by atoms with Gasteiger partial charge in [-0.15, -0.1) is 10.2 Å². The predicted molar refractivity (Wildman–Crippen MR) is 80.9 cm³/mol. The number of nitrogens with zero attached hydrogens (tertiary/aromatic N) is 5. The maximum absolute atomic E-state index is 12.7. The van der Waals surface area contributed by atoms with Crippen molar-refractivity contribution in [3.63, 3.8) is 0 Å². The van der Waals surface area contributed by atoms with Crippen molar-refractivity contribution in [2.75, 3.05) is 0 Å². The Balaban J connectivity index is 1.66. The first kappa shape index (κ1) is 13.7. The van der Waals surface area contributed by atoms with Crippen LogP contribution in [0.25, 0.3) is 11.6 Å². The van der Waals surface area contributed by atoms with Gasteiger partial charge in [0.2, 0.25) is 11.7 Å². The molecule has 0 spiro atoms. The third kappa shape index (κ3) is 2.30. The van der Waals surface area contributed by atoms with Crippen LogP contribution >= 0.6 is 0 Å². The van der Waals surface area contributed by atoms with Gasteiger partial charge in [0.15, 0.2) is 18.0 Å². The number of amides is 1.